The average molecular weight is 1060 g/mol. The van der Waals surface area contributed by atoms with Gasteiger partial charge in [-0.05, 0) is 202 Å². The van der Waals surface area contributed by atoms with Gasteiger partial charge < -0.3 is 4.74 Å². The van der Waals surface area contributed by atoms with Gasteiger partial charge in [-0.2, -0.15) is 0 Å². The second-order valence-electron chi connectivity index (χ2n) is 24.3. The number of unbranched alkanes of at least 4 members (excludes halogenated alkanes) is 1. The lowest BCUT2D eigenvalue weighted by Crippen LogP contribution is -2.15. The van der Waals surface area contributed by atoms with E-state index in [2.05, 4.69) is 283 Å². The van der Waals surface area contributed by atoms with Gasteiger partial charge in [0, 0.05) is 10.8 Å². The molecule has 16 rings (SSSR count). The fraction of sp³-hybridized carbons (Fsp3) is 0.122. The lowest BCUT2D eigenvalue weighted by atomic mass is 9.78. The first-order valence-corrected chi connectivity index (χ1v) is 29.8. The third-order valence-electron chi connectivity index (χ3n) is 19.1. The van der Waals surface area contributed by atoms with Gasteiger partial charge in [-0.1, -0.05) is 259 Å². The van der Waals surface area contributed by atoms with E-state index in [0.29, 0.717) is 0 Å². The van der Waals surface area contributed by atoms with Crippen molar-refractivity contribution < 1.29 is 4.74 Å². The molecule has 0 fully saturated rings. The summed E-state index contributed by atoms with van der Waals surface area (Å²) in [6.45, 7) is 12.6. The Bertz CT molecular complexity index is 4860. The zero-order chi connectivity index (χ0) is 55.7. The van der Waals surface area contributed by atoms with Crippen molar-refractivity contribution in [3.8, 4) is 83.6 Å². The minimum absolute atomic E-state index is 0.194. The van der Waals surface area contributed by atoms with Crippen molar-refractivity contribution in [2.24, 2.45) is 0 Å². The van der Waals surface area contributed by atoms with Crippen LogP contribution >= 0.6 is 0 Å². The molecule has 83 heavy (non-hydrogen) atoms. The summed E-state index contributed by atoms with van der Waals surface area (Å²) in [6, 6.07) is 94.2. The van der Waals surface area contributed by atoms with Gasteiger partial charge in [0.25, 0.3) is 0 Å². The Morgan fingerprint density at radius 1 is 0.265 bits per heavy atom. The van der Waals surface area contributed by atoms with Crippen LogP contribution in [0.2, 0.25) is 0 Å². The molecule has 2 aliphatic carbocycles. The number of benzene rings is 14. The van der Waals surface area contributed by atoms with E-state index in [0.717, 1.165) is 25.2 Å². The van der Waals surface area contributed by atoms with Gasteiger partial charge in [-0.3, -0.25) is 0 Å². The maximum Gasteiger partial charge on any atom is 0.119 e. The van der Waals surface area contributed by atoms with Crippen LogP contribution in [0.5, 0.6) is 5.75 Å². The Hall–Kier alpha value is -9.56. The highest BCUT2D eigenvalue weighted by Gasteiger charge is 2.38. The maximum atomic E-state index is 6.26. The third kappa shape index (κ3) is 7.33. The van der Waals surface area contributed by atoms with Crippen LogP contribution in [0.4, 0.5) is 0 Å². The molecule has 1 nitrogen and oxygen atoms in total. The topological polar surface area (TPSA) is 9.23 Å². The SMILES string of the molecule is CCCCOc1ccc2c(c1)C(C)(C)c1cc(-c3c4ccccc4c(-c4c5ccccc5c(-c5ccc6c(c5)C(C)(C)c5cc(-c7c8ccccc8c(-c8ccccc8)c8ccccc78)ccc5-6)c5ccccc45)c4ccccc34)ccc1-2. The van der Waals surface area contributed by atoms with Crippen LogP contribution in [0, 0.1) is 0 Å². The van der Waals surface area contributed by atoms with Crippen molar-refractivity contribution in [1.29, 1.82) is 0 Å². The predicted octanol–water partition coefficient (Wildman–Crippen LogP) is 22.7. The van der Waals surface area contributed by atoms with E-state index in [4.69, 9.17) is 4.74 Å². The lowest BCUT2D eigenvalue weighted by molar-refractivity contribution is 0.309. The van der Waals surface area contributed by atoms with Gasteiger partial charge >= 0.3 is 0 Å². The van der Waals surface area contributed by atoms with E-state index in [-0.39, 0.29) is 10.8 Å². The molecule has 2 aliphatic rings. The van der Waals surface area contributed by atoms with E-state index in [1.807, 2.05) is 0 Å². The van der Waals surface area contributed by atoms with Crippen LogP contribution in [0.3, 0.4) is 0 Å². The molecule has 0 radical (unpaired) electrons. The second kappa shape index (κ2) is 18.7. The molecule has 0 saturated heterocycles. The van der Waals surface area contributed by atoms with Crippen LogP contribution < -0.4 is 4.74 Å². The number of fused-ring (bicyclic) bond motifs is 12. The molecule has 0 heterocycles. The molecule has 0 aromatic heterocycles. The second-order valence-corrected chi connectivity index (χ2v) is 24.3. The number of hydrogen-bond donors (Lipinski definition) is 0. The molecule has 0 atom stereocenters. The van der Waals surface area contributed by atoms with Gasteiger partial charge in [0.2, 0.25) is 0 Å². The lowest BCUT2D eigenvalue weighted by Gasteiger charge is -2.25. The smallest absolute Gasteiger partial charge is 0.119 e. The van der Waals surface area contributed by atoms with Crippen LogP contribution in [-0.4, -0.2) is 6.61 Å². The molecule has 396 valence electrons. The van der Waals surface area contributed by atoms with Crippen molar-refractivity contribution >= 4 is 64.6 Å². The van der Waals surface area contributed by atoms with E-state index in [9.17, 15) is 0 Å². The highest BCUT2D eigenvalue weighted by molar-refractivity contribution is 6.30. The molecule has 14 aromatic carbocycles. The number of hydrogen-bond acceptors (Lipinski definition) is 1. The largest absolute Gasteiger partial charge is 0.494 e. The molecule has 0 saturated carbocycles. The Balaban J connectivity index is 0.842. The molecule has 0 aliphatic heterocycles. The fourth-order valence-corrected chi connectivity index (χ4v) is 15.1. The quantitative estimate of drug-likeness (QED) is 0.103. The highest BCUT2D eigenvalue weighted by atomic mass is 16.5. The molecular formula is C82H62O. The van der Waals surface area contributed by atoms with Gasteiger partial charge in [0.05, 0.1) is 6.61 Å². The molecular weight excluding hydrogens is 1000 g/mol. The molecule has 0 bridgehead atoms. The Kier molecular flexibility index (Phi) is 11.1. The first-order valence-electron chi connectivity index (χ1n) is 29.8. The maximum absolute atomic E-state index is 6.26. The van der Waals surface area contributed by atoms with Crippen molar-refractivity contribution in [1.82, 2.24) is 0 Å². The summed E-state index contributed by atoms with van der Waals surface area (Å²) in [7, 11) is 0. The minimum Gasteiger partial charge on any atom is -0.494 e. The van der Waals surface area contributed by atoms with Crippen LogP contribution in [-0.2, 0) is 10.8 Å². The van der Waals surface area contributed by atoms with Gasteiger partial charge in [0.1, 0.15) is 5.75 Å². The van der Waals surface area contributed by atoms with Crippen LogP contribution in [0.15, 0.2) is 249 Å². The highest BCUT2D eigenvalue weighted by Crippen LogP contribution is 2.56. The monoisotopic (exact) mass is 1060 g/mol. The standard InChI is InChI=1S/C82H62O/c1-6-7-45-83-54-40-44-58-57-43-39-53(48-73(57)82(4,5)74(58)49-54)78-65-31-17-21-35-69(65)80(70-36-22-18-32-66(70)78)79-67-33-19-15-29-63(67)77(64-30-16-20-34-68(64)79)52-38-42-56-55-41-37-51(46-71(55)81(2,3)72(56)47-52)76-61-27-13-11-25-59(61)75(50-23-9-8-10-24-50)60-26-12-14-28-62(60)76/h8-44,46-49H,6-7,45H2,1-5H3. The summed E-state index contributed by atoms with van der Waals surface area (Å²) in [5, 5.41) is 15.1. The normalized spacial score (nSPS) is 13.7. The number of rotatable bonds is 9. The molecule has 0 unspecified atom stereocenters. The zero-order valence-corrected chi connectivity index (χ0v) is 47.7. The Morgan fingerprint density at radius 2 is 0.530 bits per heavy atom. The number of ether oxygens (including phenoxy) is 1. The van der Waals surface area contributed by atoms with Crippen molar-refractivity contribution in [2.45, 2.75) is 58.3 Å². The summed E-state index contributed by atoms with van der Waals surface area (Å²) in [4.78, 5) is 0. The average Bonchev–Trinajstić information content (AvgIpc) is 3.63. The molecule has 1 heteroatoms. The van der Waals surface area contributed by atoms with Gasteiger partial charge in [-0.25, -0.2) is 0 Å². The molecule has 0 spiro atoms. The summed E-state index contributed by atoms with van der Waals surface area (Å²) in [5.41, 5.74) is 22.9. The zero-order valence-electron chi connectivity index (χ0n) is 47.7. The van der Waals surface area contributed by atoms with Crippen molar-refractivity contribution in [3.05, 3.63) is 271 Å². The van der Waals surface area contributed by atoms with Crippen LogP contribution in [0.1, 0.15) is 69.7 Å². The van der Waals surface area contributed by atoms with Crippen LogP contribution in [0.25, 0.3) is 143 Å². The first kappa shape index (κ1) is 49.3. The minimum atomic E-state index is -0.262. The summed E-state index contributed by atoms with van der Waals surface area (Å²) in [6.07, 6.45) is 2.17. The van der Waals surface area contributed by atoms with Gasteiger partial charge in [0.15, 0.2) is 0 Å². The molecule has 14 aromatic rings. The summed E-state index contributed by atoms with van der Waals surface area (Å²) < 4.78 is 6.26. The van der Waals surface area contributed by atoms with E-state index in [1.165, 1.54) is 165 Å². The Morgan fingerprint density at radius 3 is 0.843 bits per heavy atom. The third-order valence-corrected chi connectivity index (χ3v) is 19.1. The van der Waals surface area contributed by atoms with E-state index < -0.39 is 0 Å². The van der Waals surface area contributed by atoms with Crippen molar-refractivity contribution in [2.75, 3.05) is 6.61 Å². The first-order chi connectivity index (χ1) is 40.7. The summed E-state index contributed by atoms with van der Waals surface area (Å²) in [5.74, 6) is 0.959. The van der Waals surface area contributed by atoms with Crippen molar-refractivity contribution in [3.63, 3.8) is 0 Å². The fourth-order valence-electron chi connectivity index (χ4n) is 15.1. The molecule has 0 amide bonds. The molecule has 0 N–H and O–H groups in total. The summed E-state index contributed by atoms with van der Waals surface area (Å²) >= 11 is 0. The van der Waals surface area contributed by atoms with E-state index in [1.54, 1.807) is 0 Å². The predicted molar refractivity (Wildman–Crippen MR) is 354 cm³/mol. The Labute approximate surface area is 486 Å². The van der Waals surface area contributed by atoms with E-state index >= 15 is 0 Å². The van der Waals surface area contributed by atoms with Gasteiger partial charge in [-0.15, -0.1) is 0 Å².